The van der Waals surface area contributed by atoms with Gasteiger partial charge >= 0.3 is 0 Å². The first-order valence-electron chi connectivity index (χ1n) is 11.2. The first-order valence-corrected chi connectivity index (χ1v) is 11.2. The highest BCUT2D eigenvalue weighted by Gasteiger charge is 2.46. The first-order chi connectivity index (χ1) is 15.5. The van der Waals surface area contributed by atoms with Crippen molar-refractivity contribution in [3.8, 4) is 5.75 Å². The molecule has 2 heterocycles. The fraction of sp³-hybridized carbons (Fsp3) is 0.400. The minimum atomic E-state index is -0.734. The van der Waals surface area contributed by atoms with Crippen LogP contribution in [0.5, 0.6) is 5.75 Å². The Balaban J connectivity index is 2.00. The molecule has 1 aliphatic rings. The first kappa shape index (κ1) is 23.5. The van der Waals surface area contributed by atoms with Crippen LogP contribution in [-0.4, -0.2) is 64.4 Å². The summed E-state index contributed by atoms with van der Waals surface area (Å²) in [6.45, 7) is 9.44. The number of nitrogens with zero attached hydrogens (tertiary/aromatic N) is 3. The number of likely N-dealkylation sites (tertiary alicyclic amines) is 1. The standard InChI is InChI=1S/C25H31N3O4/c1-4-17-32-19-12-10-18(11-13-19)23(29)21-22(20-9-7-8-14-26-20)28(25(31)24(21)30)16-15-27(5-2)6-3/h7-14,22,29H,4-6,15-17H2,1-3H3/b23-21+. The van der Waals surface area contributed by atoms with Crippen molar-refractivity contribution in [3.63, 3.8) is 0 Å². The summed E-state index contributed by atoms with van der Waals surface area (Å²) < 4.78 is 5.59. The third-order valence-electron chi connectivity index (χ3n) is 5.66. The fourth-order valence-electron chi connectivity index (χ4n) is 3.83. The van der Waals surface area contributed by atoms with Crippen molar-refractivity contribution in [3.05, 3.63) is 65.5 Å². The van der Waals surface area contributed by atoms with Gasteiger partial charge in [0.15, 0.2) is 0 Å². The van der Waals surface area contributed by atoms with E-state index in [1.807, 2.05) is 13.0 Å². The van der Waals surface area contributed by atoms with Gasteiger partial charge in [-0.05, 0) is 55.9 Å². The molecule has 1 aliphatic heterocycles. The number of aromatic nitrogens is 1. The molecule has 1 N–H and O–H groups in total. The summed E-state index contributed by atoms with van der Waals surface area (Å²) in [7, 11) is 0. The third-order valence-corrected chi connectivity index (χ3v) is 5.66. The number of ketones is 1. The maximum absolute atomic E-state index is 13.0. The number of hydrogen-bond donors (Lipinski definition) is 1. The Morgan fingerprint density at radius 3 is 2.41 bits per heavy atom. The van der Waals surface area contributed by atoms with Crippen molar-refractivity contribution in [2.45, 2.75) is 33.2 Å². The molecular formula is C25H31N3O4. The van der Waals surface area contributed by atoms with Gasteiger partial charge in [-0.15, -0.1) is 0 Å². The number of aliphatic hydroxyl groups is 1. The van der Waals surface area contributed by atoms with E-state index in [0.29, 0.717) is 36.7 Å². The van der Waals surface area contributed by atoms with Gasteiger partial charge in [-0.2, -0.15) is 0 Å². The van der Waals surface area contributed by atoms with Gasteiger partial charge in [-0.3, -0.25) is 14.6 Å². The molecule has 1 fully saturated rings. The number of rotatable bonds is 10. The van der Waals surface area contributed by atoms with Crippen molar-refractivity contribution in [1.82, 2.24) is 14.8 Å². The minimum absolute atomic E-state index is 0.0653. The Bertz CT molecular complexity index is 953. The largest absolute Gasteiger partial charge is 0.507 e. The van der Waals surface area contributed by atoms with E-state index < -0.39 is 17.7 Å². The molecular weight excluding hydrogens is 406 g/mol. The van der Waals surface area contributed by atoms with Crippen LogP contribution in [0.2, 0.25) is 0 Å². The number of pyridine rings is 1. The summed E-state index contributed by atoms with van der Waals surface area (Å²) in [6.07, 6.45) is 2.52. The Morgan fingerprint density at radius 1 is 1.09 bits per heavy atom. The van der Waals surface area contributed by atoms with E-state index in [1.54, 1.807) is 42.6 Å². The highest BCUT2D eigenvalue weighted by atomic mass is 16.5. The van der Waals surface area contributed by atoms with Crippen molar-refractivity contribution < 1.29 is 19.4 Å². The molecule has 7 nitrogen and oxygen atoms in total. The molecule has 2 aromatic rings. The van der Waals surface area contributed by atoms with Gasteiger partial charge in [0.1, 0.15) is 17.6 Å². The lowest BCUT2D eigenvalue weighted by atomic mass is 9.98. The van der Waals surface area contributed by atoms with Crippen LogP contribution in [0.3, 0.4) is 0 Å². The normalized spacial score (nSPS) is 17.9. The van der Waals surface area contributed by atoms with E-state index in [-0.39, 0.29) is 11.3 Å². The second-order valence-electron chi connectivity index (χ2n) is 7.65. The summed E-state index contributed by atoms with van der Waals surface area (Å²) in [4.78, 5) is 34.1. The van der Waals surface area contributed by atoms with E-state index >= 15 is 0 Å². The number of carbonyl (C=O) groups is 2. The average molecular weight is 438 g/mol. The molecule has 0 spiro atoms. The molecule has 1 unspecified atom stereocenters. The zero-order chi connectivity index (χ0) is 23.1. The molecule has 0 radical (unpaired) electrons. The number of Topliss-reactive ketones (excluding diaryl/α,β-unsaturated/α-hetero) is 1. The van der Waals surface area contributed by atoms with Gasteiger partial charge in [0.05, 0.1) is 17.9 Å². The smallest absolute Gasteiger partial charge is 0.295 e. The molecule has 0 bridgehead atoms. The lowest BCUT2D eigenvalue weighted by molar-refractivity contribution is -0.140. The molecule has 1 atom stereocenters. The third kappa shape index (κ3) is 4.99. The molecule has 1 amide bonds. The second kappa shape index (κ2) is 10.9. The molecule has 32 heavy (non-hydrogen) atoms. The summed E-state index contributed by atoms with van der Waals surface area (Å²) in [6, 6.07) is 11.5. The molecule has 7 heteroatoms. The lowest BCUT2D eigenvalue weighted by Crippen LogP contribution is -2.38. The highest BCUT2D eigenvalue weighted by Crippen LogP contribution is 2.38. The zero-order valence-corrected chi connectivity index (χ0v) is 19.0. The van der Waals surface area contributed by atoms with E-state index in [1.165, 1.54) is 4.90 Å². The fourth-order valence-corrected chi connectivity index (χ4v) is 3.83. The average Bonchev–Trinajstić information content (AvgIpc) is 3.08. The number of aliphatic hydroxyl groups excluding tert-OH is 1. The van der Waals surface area contributed by atoms with E-state index in [9.17, 15) is 14.7 Å². The van der Waals surface area contributed by atoms with Gasteiger partial charge in [0, 0.05) is 24.8 Å². The van der Waals surface area contributed by atoms with Crippen LogP contribution in [0.25, 0.3) is 5.76 Å². The van der Waals surface area contributed by atoms with E-state index in [4.69, 9.17) is 4.74 Å². The number of ether oxygens (including phenoxy) is 1. The van der Waals surface area contributed by atoms with Crippen LogP contribution in [0.15, 0.2) is 54.2 Å². The number of carbonyl (C=O) groups excluding carboxylic acids is 2. The Hall–Kier alpha value is -3.19. The predicted molar refractivity (Wildman–Crippen MR) is 123 cm³/mol. The number of likely N-dealkylation sites (N-methyl/N-ethyl adjacent to an activating group) is 1. The van der Waals surface area contributed by atoms with Crippen LogP contribution in [0.1, 0.15) is 44.5 Å². The lowest BCUT2D eigenvalue weighted by Gasteiger charge is -2.27. The SMILES string of the molecule is CCCOc1ccc(/C(O)=C2\C(=O)C(=O)N(CCN(CC)CC)C2c2ccccn2)cc1. The summed E-state index contributed by atoms with van der Waals surface area (Å²) >= 11 is 0. The van der Waals surface area contributed by atoms with Crippen LogP contribution in [0.4, 0.5) is 0 Å². The number of hydrogen-bond acceptors (Lipinski definition) is 6. The van der Waals surface area contributed by atoms with Crippen molar-refractivity contribution in [1.29, 1.82) is 0 Å². The molecule has 1 saturated heterocycles. The van der Waals surface area contributed by atoms with Gasteiger partial charge in [-0.1, -0.05) is 26.8 Å². The Kier molecular flexibility index (Phi) is 8.00. The Morgan fingerprint density at radius 2 is 1.81 bits per heavy atom. The van der Waals surface area contributed by atoms with Gasteiger partial charge in [0.2, 0.25) is 0 Å². The van der Waals surface area contributed by atoms with Crippen molar-refractivity contribution in [2.24, 2.45) is 0 Å². The van der Waals surface area contributed by atoms with Gasteiger partial charge in [0.25, 0.3) is 11.7 Å². The molecule has 3 rings (SSSR count). The predicted octanol–water partition coefficient (Wildman–Crippen LogP) is 3.63. The van der Waals surface area contributed by atoms with E-state index in [0.717, 1.165) is 19.5 Å². The van der Waals surface area contributed by atoms with Crippen molar-refractivity contribution >= 4 is 17.4 Å². The molecule has 0 aliphatic carbocycles. The van der Waals surface area contributed by atoms with Crippen LogP contribution >= 0.6 is 0 Å². The summed E-state index contributed by atoms with van der Waals surface area (Å²) in [5, 5.41) is 11.1. The summed E-state index contributed by atoms with van der Waals surface area (Å²) in [5.74, 6) is -0.822. The summed E-state index contributed by atoms with van der Waals surface area (Å²) in [5.41, 5.74) is 1.07. The minimum Gasteiger partial charge on any atom is -0.507 e. The maximum Gasteiger partial charge on any atom is 0.295 e. The van der Waals surface area contributed by atoms with Gasteiger partial charge in [-0.25, -0.2) is 0 Å². The van der Waals surface area contributed by atoms with Crippen LogP contribution < -0.4 is 4.74 Å². The monoisotopic (exact) mass is 437 g/mol. The molecule has 170 valence electrons. The number of benzene rings is 1. The van der Waals surface area contributed by atoms with Crippen LogP contribution in [0, 0.1) is 0 Å². The molecule has 0 saturated carbocycles. The maximum atomic E-state index is 13.0. The van der Waals surface area contributed by atoms with Crippen molar-refractivity contribution in [2.75, 3.05) is 32.8 Å². The zero-order valence-electron chi connectivity index (χ0n) is 19.0. The van der Waals surface area contributed by atoms with Crippen LogP contribution in [-0.2, 0) is 9.59 Å². The topological polar surface area (TPSA) is 83.0 Å². The molecule has 1 aromatic heterocycles. The number of amides is 1. The van der Waals surface area contributed by atoms with Gasteiger partial charge < -0.3 is 19.6 Å². The molecule has 1 aromatic carbocycles. The highest BCUT2D eigenvalue weighted by molar-refractivity contribution is 6.46. The quantitative estimate of drug-likeness (QED) is 0.347. The Labute approximate surface area is 189 Å². The van der Waals surface area contributed by atoms with E-state index in [2.05, 4.69) is 23.7 Å². The second-order valence-corrected chi connectivity index (χ2v) is 7.65.